The lowest BCUT2D eigenvalue weighted by Crippen LogP contribution is -2.23. The first-order chi connectivity index (χ1) is 13.7. The van der Waals surface area contributed by atoms with Gasteiger partial charge in [0.25, 0.3) is 5.91 Å². The van der Waals surface area contributed by atoms with Crippen LogP contribution >= 0.6 is 11.3 Å². The summed E-state index contributed by atoms with van der Waals surface area (Å²) in [5, 5.41) is 14.0. The molecule has 0 aliphatic rings. The average Bonchev–Trinajstić information content (AvgIpc) is 3.42. The van der Waals surface area contributed by atoms with Gasteiger partial charge in [-0.25, -0.2) is 4.98 Å². The molecule has 0 fully saturated rings. The highest BCUT2D eigenvalue weighted by Crippen LogP contribution is 2.30. The first kappa shape index (κ1) is 18.3. The number of hydrogen-bond donors (Lipinski definition) is 1. The zero-order chi connectivity index (χ0) is 19.5. The molecule has 0 aliphatic carbocycles. The lowest BCUT2D eigenvalue weighted by atomic mass is 10.2. The Bertz CT molecular complexity index is 1110. The minimum atomic E-state index is -0.280. The molecule has 3 aromatic heterocycles. The van der Waals surface area contributed by atoms with Gasteiger partial charge in [0.05, 0.1) is 18.8 Å². The molecule has 4 rings (SSSR count). The number of hydrogen-bond acceptors (Lipinski definition) is 7. The van der Waals surface area contributed by atoms with Gasteiger partial charge in [-0.15, -0.1) is 21.5 Å². The number of nitrogens with zero attached hydrogens (tertiary/aromatic N) is 4. The van der Waals surface area contributed by atoms with Crippen molar-refractivity contribution in [3.05, 3.63) is 53.2 Å². The van der Waals surface area contributed by atoms with Crippen molar-refractivity contribution in [2.45, 2.75) is 20.0 Å². The monoisotopic (exact) mass is 397 g/mol. The highest BCUT2D eigenvalue weighted by Gasteiger charge is 2.17. The first-order valence-electron chi connectivity index (χ1n) is 8.76. The van der Waals surface area contributed by atoms with E-state index in [4.69, 9.17) is 9.15 Å². The van der Waals surface area contributed by atoms with Crippen LogP contribution in [0.15, 0.2) is 40.1 Å². The van der Waals surface area contributed by atoms with E-state index >= 15 is 0 Å². The van der Waals surface area contributed by atoms with Crippen LogP contribution in [0.3, 0.4) is 0 Å². The Morgan fingerprint density at radius 3 is 2.96 bits per heavy atom. The normalized spacial score (nSPS) is 11.2. The van der Waals surface area contributed by atoms with Gasteiger partial charge in [-0.3, -0.25) is 4.79 Å². The van der Waals surface area contributed by atoms with Crippen LogP contribution in [0.5, 0.6) is 0 Å². The third-order valence-electron chi connectivity index (χ3n) is 4.25. The number of aromatic nitrogens is 4. The summed E-state index contributed by atoms with van der Waals surface area (Å²) in [6.45, 7) is 3.17. The molecule has 0 aliphatic heterocycles. The van der Waals surface area contributed by atoms with E-state index in [1.165, 1.54) is 11.3 Å². The van der Waals surface area contributed by atoms with Gasteiger partial charge < -0.3 is 19.0 Å². The van der Waals surface area contributed by atoms with Gasteiger partial charge in [0.1, 0.15) is 10.7 Å². The summed E-state index contributed by atoms with van der Waals surface area (Å²) in [6, 6.07) is 10.2. The second-order valence-corrected chi connectivity index (χ2v) is 7.03. The summed E-state index contributed by atoms with van der Waals surface area (Å²) >= 11 is 1.43. The molecule has 144 valence electrons. The molecular formula is C19H19N5O3S. The molecule has 28 heavy (non-hydrogen) atoms. The zero-order valence-corrected chi connectivity index (χ0v) is 16.3. The van der Waals surface area contributed by atoms with E-state index in [-0.39, 0.29) is 12.5 Å². The number of amides is 1. The van der Waals surface area contributed by atoms with Crippen molar-refractivity contribution in [2.75, 3.05) is 13.7 Å². The van der Waals surface area contributed by atoms with Crippen LogP contribution in [-0.2, 0) is 17.8 Å². The van der Waals surface area contributed by atoms with Crippen LogP contribution < -0.4 is 5.32 Å². The highest BCUT2D eigenvalue weighted by atomic mass is 32.1. The predicted octanol–water partition coefficient (Wildman–Crippen LogP) is 3.03. The van der Waals surface area contributed by atoms with Crippen LogP contribution in [0.4, 0.5) is 0 Å². The molecule has 0 saturated heterocycles. The summed E-state index contributed by atoms with van der Waals surface area (Å²) in [7, 11) is 1.68. The molecule has 4 aromatic rings. The van der Waals surface area contributed by atoms with E-state index in [0.29, 0.717) is 30.6 Å². The van der Waals surface area contributed by atoms with E-state index in [9.17, 15) is 4.79 Å². The average molecular weight is 397 g/mol. The minimum absolute atomic E-state index is 0.167. The summed E-state index contributed by atoms with van der Waals surface area (Å²) in [5.41, 5.74) is 2.44. The Kier molecular flexibility index (Phi) is 5.18. The number of benzene rings is 1. The van der Waals surface area contributed by atoms with Crippen LogP contribution in [0.25, 0.3) is 21.6 Å². The van der Waals surface area contributed by atoms with E-state index in [1.54, 1.807) is 19.4 Å². The molecular weight excluding hydrogens is 378 g/mol. The number of para-hydroxylation sites is 1. The number of methoxy groups -OCH3 is 1. The Balaban J connectivity index is 1.57. The van der Waals surface area contributed by atoms with E-state index in [1.807, 2.05) is 12.1 Å². The molecule has 1 amide bonds. The maximum absolute atomic E-state index is 12.4. The minimum Gasteiger partial charge on any atom is -0.424 e. The largest absolute Gasteiger partial charge is 0.424 e. The second kappa shape index (κ2) is 7.91. The molecule has 0 unspecified atom stereocenters. The third kappa shape index (κ3) is 3.67. The molecule has 1 N–H and O–H groups in total. The highest BCUT2D eigenvalue weighted by molar-refractivity contribution is 7.13. The Hall–Kier alpha value is -3.04. The van der Waals surface area contributed by atoms with Gasteiger partial charge in [-0.05, 0) is 12.1 Å². The van der Waals surface area contributed by atoms with E-state index in [2.05, 4.69) is 43.3 Å². The van der Waals surface area contributed by atoms with E-state index < -0.39 is 0 Å². The van der Waals surface area contributed by atoms with Crippen molar-refractivity contribution in [3.8, 4) is 10.7 Å². The van der Waals surface area contributed by atoms with Gasteiger partial charge in [0.15, 0.2) is 0 Å². The van der Waals surface area contributed by atoms with Gasteiger partial charge in [-0.1, -0.05) is 18.2 Å². The van der Waals surface area contributed by atoms with Crippen LogP contribution in [0.1, 0.15) is 22.3 Å². The lowest BCUT2D eigenvalue weighted by Gasteiger charge is -2.08. The predicted molar refractivity (Wildman–Crippen MR) is 105 cm³/mol. The number of carbonyl (C=O) groups is 1. The maximum Gasteiger partial charge on any atom is 0.271 e. The molecule has 1 aromatic carbocycles. The molecule has 3 heterocycles. The smallest absolute Gasteiger partial charge is 0.271 e. The lowest BCUT2D eigenvalue weighted by molar-refractivity contribution is 0.0943. The topological polar surface area (TPSA) is 95.1 Å². The van der Waals surface area contributed by atoms with E-state index in [0.717, 1.165) is 21.6 Å². The fraction of sp³-hybridized carbons (Fsp3) is 0.263. The van der Waals surface area contributed by atoms with Crippen LogP contribution in [0.2, 0.25) is 0 Å². The Morgan fingerprint density at radius 1 is 1.32 bits per heavy atom. The molecule has 0 spiro atoms. The summed E-state index contributed by atoms with van der Waals surface area (Å²) < 4.78 is 12.7. The van der Waals surface area contributed by atoms with Crippen molar-refractivity contribution < 1.29 is 13.9 Å². The first-order valence-corrected chi connectivity index (χ1v) is 9.64. The summed E-state index contributed by atoms with van der Waals surface area (Å²) in [6.07, 6.45) is 0. The quantitative estimate of drug-likeness (QED) is 0.515. The number of nitrogens with one attached hydrogen (secondary N) is 1. The number of fused-ring (bicyclic) bond motifs is 1. The molecule has 0 atom stereocenters. The number of carbonyl (C=O) groups excluding carboxylic acids is 1. The number of thiazole rings is 1. The number of aryl methyl sites for hydroxylation is 1. The van der Waals surface area contributed by atoms with Crippen molar-refractivity contribution in [1.82, 2.24) is 25.1 Å². The fourth-order valence-electron chi connectivity index (χ4n) is 2.96. The summed E-state index contributed by atoms with van der Waals surface area (Å²) in [4.78, 5) is 17.0. The molecule has 0 bridgehead atoms. The zero-order valence-electron chi connectivity index (χ0n) is 15.5. The van der Waals surface area contributed by atoms with Crippen molar-refractivity contribution in [2.24, 2.45) is 0 Å². The van der Waals surface area contributed by atoms with Gasteiger partial charge in [0.2, 0.25) is 11.8 Å². The SMILES string of the molecule is COCCn1c(-c2nc(C(=O)NCc3nnc(C)o3)cs2)cc2ccccc21. The number of ether oxygens (including phenoxy) is 1. The van der Waals surface area contributed by atoms with Crippen LogP contribution in [-0.4, -0.2) is 39.4 Å². The van der Waals surface area contributed by atoms with Gasteiger partial charge in [-0.2, -0.15) is 0 Å². The second-order valence-electron chi connectivity index (χ2n) is 6.17. The standard InChI is InChI=1S/C19H19N5O3S/c1-12-22-23-17(27-12)10-20-18(25)14-11-28-19(21-14)16-9-13-5-3-4-6-15(13)24(16)7-8-26-2/h3-6,9,11H,7-8,10H2,1-2H3,(H,20,25). The van der Waals surface area contributed by atoms with Crippen LogP contribution in [0, 0.1) is 6.92 Å². The van der Waals surface area contributed by atoms with Crippen molar-refractivity contribution in [3.63, 3.8) is 0 Å². The van der Waals surface area contributed by atoms with Gasteiger partial charge in [0, 0.05) is 36.9 Å². The Labute approximate surface area is 165 Å². The Morgan fingerprint density at radius 2 is 2.18 bits per heavy atom. The summed E-state index contributed by atoms with van der Waals surface area (Å²) in [5.74, 6) is 0.544. The number of rotatable bonds is 7. The molecule has 9 heteroatoms. The maximum atomic E-state index is 12.4. The molecule has 8 nitrogen and oxygen atoms in total. The van der Waals surface area contributed by atoms with Gasteiger partial charge >= 0.3 is 0 Å². The fourth-order valence-corrected chi connectivity index (χ4v) is 3.79. The van der Waals surface area contributed by atoms with Crippen molar-refractivity contribution >= 4 is 28.1 Å². The molecule has 0 saturated carbocycles. The molecule has 0 radical (unpaired) electrons. The van der Waals surface area contributed by atoms with Crippen molar-refractivity contribution in [1.29, 1.82) is 0 Å². The third-order valence-corrected chi connectivity index (χ3v) is 5.12.